The highest BCUT2D eigenvalue weighted by molar-refractivity contribution is 7.60. The number of rotatable bonds is 13. The minimum absolute atomic E-state index is 0.00482. The Balaban J connectivity index is 1.71. The van der Waals surface area contributed by atoms with Crippen molar-refractivity contribution in [1.82, 2.24) is 5.32 Å². The Kier molecular flexibility index (Phi) is 10.2. The van der Waals surface area contributed by atoms with Crippen molar-refractivity contribution in [3.63, 3.8) is 0 Å². The van der Waals surface area contributed by atoms with E-state index in [1.165, 1.54) is 0 Å². The summed E-state index contributed by atoms with van der Waals surface area (Å²) in [5.74, 6) is -3.19. The molecule has 0 aliphatic carbocycles. The van der Waals surface area contributed by atoms with Gasteiger partial charge in [-0.25, -0.2) is 0 Å². The molecule has 0 saturated carbocycles. The maximum absolute atomic E-state index is 14.3. The summed E-state index contributed by atoms with van der Waals surface area (Å²) in [7, 11) is -4.50. The van der Waals surface area contributed by atoms with E-state index in [1.54, 1.807) is 78.6 Å². The van der Waals surface area contributed by atoms with Gasteiger partial charge in [0.15, 0.2) is 0 Å². The Morgan fingerprint density at radius 3 is 2.33 bits per heavy atom. The van der Waals surface area contributed by atoms with Crippen molar-refractivity contribution in [2.24, 2.45) is 5.73 Å². The van der Waals surface area contributed by atoms with E-state index < -0.39 is 36.5 Å². The number of nitrogens with two attached hydrogens (primary N) is 1. The quantitative estimate of drug-likeness (QED) is 0.244. The van der Waals surface area contributed by atoms with Crippen LogP contribution in [0.5, 0.6) is 5.75 Å². The number of ether oxygens (including phenoxy) is 1. The maximum Gasteiger partial charge on any atom is 0.252 e. The molecule has 4 atom stereocenters. The third-order valence-electron chi connectivity index (χ3n) is 7.52. The molecular weight excluding hydrogens is 553 g/mol. The van der Waals surface area contributed by atoms with Crippen LogP contribution in [0.4, 0.5) is 5.69 Å². The van der Waals surface area contributed by atoms with Gasteiger partial charge in [0.25, 0.3) is 5.91 Å². The zero-order valence-electron chi connectivity index (χ0n) is 23.9. The largest absolute Gasteiger partial charge is 0.494 e. The summed E-state index contributed by atoms with van der Waals surface area (Å²) in [6.45, 7) is 4.58. The Morgan fingerprint density at radius 2 is 1.74 bits per heavy atom. The van der Waals surface area contributed by atoms with Crippen LogP contribution in [0.1, 0.15) is 60.5 Å². The molecule has 42 heavy (non-hydrogen) atoms. The van der Waals surface area contributed by atoms with Gasteiger partial charge in [-0.05, 0) is 36.1 Å². The van der Waals surface area contributed by atoms with E-state index in [2.05, 4.69) is 5.32 Å². The van der Waals surface area contributed by atoms with Gasteiger partial charge in [-0.3, -0.25) is 18.9 Å². The number of nitrogens with zero attached hydrogens (tertiary/aromatic N) is 1. The highest BCUT2D eigenvalue weighted by Gasteiger charge is 2.46. The lowest BCUT2D eigenvalue weighted by Crippen LogP contribution is -2.43. The van der Waals surface area contributed by atoms with Gasteiger partial charge in [0.05, 0.1) is 6.61 Å². The van der Waals surface area contributed by atoms with Crippen LogP contribution in [-0.4, -0.2) is 47.2 Å². The van der Waals surface area contributed by atoms with Crippen molar-refractivity contribution in [3.8, 4) is 5.75 Å². The summed E-state index contributed by atoms with van der Waals surface area (Å²) >= 11 is 0. The molecule has 9 nitrogen and oxygen atoms in total. The van der Waals surface area contributed by atoms with Crippen molar-refractivity contribution in [3.05, 3.63) is 95.6 Å². The standard InChI is InChI=1S/C32H38N3O6P/c1-3-17-41-27-20-25(19-26(21-27)35-16-10-15-29(35)36)32(38)34-28(18-23-11-6-4-7-12-23)42(39,40)30(31(33)37)22(2)24-13-8-5-9-14-24/h4-9,11-14,19-22,28,30H,3,10,15-18H2,1-2H3,(H2,33,37)(H,34,38)(H,39,40)/t22?,28-,30?/m1/s1. The maximum atomic E-state index is 14.3. The minimum Gasteiger partial charge on any atom is -0.494 e. The molecule has 222 valence electrons. The first-order valence-electron chi connectivity index (χ1n) is 14.2. The molecule has 0 aromatic heterocycles. The fourth-order valence-corrected chi connectivity index (χ4v) is 7.66. The molecule has 1 saturated heterocycles. The minimum atomic E-state index is -4.50. The summed E-state index contributed by atoms with van der Waals surface area (Å²) in [6.07, 6.45) is 1.87. The topological polar surface area (TPSA) is 139 Å². The fourth-order valence-electron chi connectivity index (χ4n) is 5.32. The second-order valence-corrected chi connectivity index (χ2v) is 13.1. The second kappa shape index (κ2) is 13.8. The first kappa shape index (κ1) is 31.0. The number of anilines is 1. The van der Waals surface area contributed by atoms with Crippen molar-refractivity contribution < 1.29 is 28.6 Å². The lowest BCUT2D eigenvalue weighted by molar-refractivity contribution is -0.118. The van der Waals surface area contributed by atoms with Crippen LogP contribution in [0.15, 0.2) is 78.9 Å². The number of carbonyl (C=O) groups excluding carboxylic acids is 3. The van der Waals surface area contributed by atoms with E-state index >= 15 is 0 Å². The molecular formula is C32H38N3O6P. The molecule has 3 aromatic carbocycles. The zero-order valence-corrected chi connectivity index (χ0v) is 24.8. The SMILES string of the molecule is CCCOc1cc(C(=O)N[C@@H](Cc2ccccc2)P(=O)(O)C(C(N)=O)C(C)c2ccccc2)cc(N2CCCC2=O)c1. The Morgan fingerprint density at radius 1 is 1.07 bits per heavy atom. The first-order valence-corrected chi connectivity index (χ1v) is 16.0. The predicted octanol–water partition coefficient (Wildman–Crippen LogP) is 4.83. The molecule has 1 aliphatic heterocycles. The van der Waals surface area contributed by atoms with E-state index in [9.17, 15) is 23.8 Å². The molecule has 10 heteroatoms. The van der Waals surface area contributed by atoms with Crippen LogP contribution in [0.25, 0.3) is 0 Å². The molecule has 0 radical (unpaired) electrons. The number of hydrogen-bond acceptors (Lipinski definition) is 5. The number of hydrogen-bond donors (Lipinski definition) is 3. The Labute approximate surface area is 246 Å². The third kappa shape index (κ3) is 7.27. The van der Waals surface area contributed by atoms with Crippen LogP contribution >= 0.6 is 7.37 Å². The smallest absolute Gasteiger partial charge is 0.252 e. The average molecular weight is 592 g/mol. The summed E-state index contributed by atoms with van der Waals surface area (Å²) in [5, 5.41) is 2.76. The van der Waals surface area contributed by atoms with Gasteiger partial charge in [0.2, 0.25) is 19.2 Å². The molecule has 3 amide bonds. The van der Waals surface area contributed by atoms with Crippen molar-refractivity contribution in [2.45, 2.75) is 56.9 Å². The first-order chi connectivity index (χ1) is 20.1. The number of benzene rings is 3. The van der Waals surface area contributed by atoms with Gasteiger partial charge in [0.1, 0.15) is 17.2 Å². The van der Waals surface area contributed by atoms with Crippen LogP contribution < -0.4 is 20.7 Å². The number of carbonyl (C=O) groups is 3. The molecule has 1 aliphatic rings. The second-order valence-electron chi connectivity index (χ2n) is 10.6. The summed E-state index contributed by atoms with van der Waals surface area (Å²) in [4.78, 5) is 52.3. The van der Waals surface area contributed by atoms with E-state index in [0.717, 1.165) is 6.42 Å². The monoisotopic (exact) mass is 591 g/mol. The fraction of sp³-hybridized carbons (Fsp3) is 0.344. The molecule has 0 bridgehead atoms. The molecule has 3 unspecified atom stereocenters. The van der Waals surface area contributed by atoms with Crippen LogP contribution in [0.2, 0.25) is 0 Å². The average Bonchev–Trinajstić information content (AvgIpc) is 3.42. The molecule has 1 heterocycles. The summed E-state index contributed by atoms with van der Waals surface area (Å²) < 4.78 is 20.1. The van der Waals surface area contributed by atoms with Gasteiger partial charge in [-0.15, -0.1) is 0 Å². The predicted molar refractivity (Wildman–Crippen MR) is 163 cm³/mol. The summed E-state index contributed by atoms with van der Waals surface area (Å²) in [5.41, 5.74) is 6.39. The van der Waals surface area contributed by atoms with Crippen molar-refractivity contribution in [2.75, 3.05) is 18.1 Å². The highest BCUT2D eigenvalue weighted by Crippen LogP contribution is 2.55. The summed E-state index contributed by atoms with van der Waals surface area (Å²) in [6, 6.07) is 22.8. The Bertz CT molecular complexity index is 1450. The van der Waals surface area contributed by atoms with Gasteiger partial charge < -0.3 is 25.6 Å². The van der Waals surface area contributed by atoms with E-state index in [1.807, 2.05) is 19.1 Å². The third-order valence-corrected chi connectivity index (χ3v) is 10.2. The molecule has 0 spiro atoms. The van der Waals surface area contributed by atoms with Gasteiger partial charge in [-0.2, -0.15) is 0 Å². The molecule has 1 fully saturated rings. The van der Waals surface area contributed by atoms with Gasteiger partial charge >= 0.3 is 0 Å². The Hall–Kier alpha value is -3.94. The molecule has 4 N–H and O–H groups in total. The van der Waals surface area contributed by atoms with Crippen LogP contribution in [0.3, 0.4) is 0 Å². The highest BCUT2D eigenvalue weighted by atomic mass is 31.2. The lowest BCUT2D eigenvalue weighted by atomic mass is 9.97. The van der Waals surface area contributed by atoms with Gasteiger partial charge in [0, 0.05) is 42.6 Å². The van der Waals surface area contributed by atoms with E-state index in [4.69, 9.17) is 10.5 Å². The van der Waals surface area contributed by atoms with Gasteiger partial charge in [-0.1, -0.05) is 74.5 Å². The van der Waals surface area contributed by atoms with E-state index in [0.29, 0.717) is 48.6 Å². The number of nitrogens with one attached hydrogen (secondary N) is 1. The molecule has 4 rings (SSSR count). The molecule has 3 aromatic rings. The normalized spacial score (nSPS) is 16.7. The van der Waals surface area contributed by atoms with Crippen LogP contribution in [-0.2, 0) is 20.6 Å². The number of amides is 3. The van der Waals surface area contributed by atoms with Crippen LogP contribution in [0, 0.1) is 0 Å². The van der Waals surface area contributed by atoms with Crippen molar-refractivity contribution in [1.29, 1.82) is 0 Å². The van der Waals surface area contributed by atoms with Crippen molar-refractivity contribution >= 4 is 30.8 Å². The lowest BCUT2D eigenvalue weighted by Gasteiger charge is -2.32. The zero-order chi connectivity index (χ0) is 30.3. The van der Waals surface area contributed by atoms with E-state index in [-0.39, 0.29) is 17.9 Å². The number of primary amides is 1.